The van der Waals surface area contributed by atoms with E-state index in [2.05, 4.69) is 18.7 Å². The Hall–Kier alpha value is -3.77. The molecular formula is C27H22N2O3S. The lowest BCUT2D eigenvalue weighted by Crippen LogP contribution is -2.21. The van der Waals surface area contributed by atoms with Crippen molar-refractivity contribution in [2.45, 2.75) is 13.8 Å². The fourth-order valence-electron chi connectivity index (χ4n) is 4.26. The molecule has 6 heteroatoms. The van der Waals surface area contributed by atoms with E-state index in [0.717, 1.165) is 40.7 Å². The van der Waals surface area contributed by atoms with Crippen LogP contribution in [0, 0.1) is 0 Å². The molecule has 0 spiro atoms. The van der Waals surface area contributed by atoms with Crippen LogP contribution < -0.4 is 10.5 Å². The highest BCUT2D eigenvalue weighted by Crippen LogP contribution is 2.40. The Balaban J connectivity index is 1.88. The second-order valence-electron chi connectivity index (χ2n) is 7.68. The van der Waals surface area contributed by atoms with E-state index in [-0.39, 0.29) is 0 Å². The summed E-state index contributed by atoms with van der Waals surface area (Å²) in [6.07, 6.45) is 0.822. The van der Waals surface area contributed by atoms with Crippen LogP contribution in [0.2, 0.25) is 0 Å². The second kappa shape index (κ2) is 8.64. The number of hydrogen-bond donors (Lipinski definition) is 0. The van der Waals surface area contributed by atoms with E-state index in [1.54, 1.807) is 6.07 Å². The van der Waals surface area contributed by atoms with Crippen LogP contribution in [-0.4, -0.2) is 24.4 Å². The minimum atomic E-state index is -0.464. The van der Waals surface area contributed by atoms with E-state index in [4.69, 9.17) is 9.40 Å². The van der Waals surface area contributed by atoms with E-state index in [1.807, 2.05) is 60.7 Å². The van der Waals surface area contributed by atoms with Crippen molar-refractivity contribution in [1.29, 1.82) is 0 Å². The molecule has 0 fully saturated rings. The van der Waals surface area contributed by atoms with Crippen molar-refractivity contribution in [1.82, 2.24) is 4.98 Å². The first-order valence-electron chi connectivity index (χ1n) is 10.9. The highest BCUT2D eigenvalue weighted by molar-refractivity contribution is 7.21. The third-order valence-corrected chi connectivity index (χ3v) is 6.94. The lowest BCUT2D eigenvalue weighted by molar-refractivity contribution is 0.112. The summed E-state index contributed by atoms with van der Waals surface area (Å²) in [5.74, 6) is 0. The first kappa shape index (κ1) is 21.1. The number of nitrogens with zero attached hydrogens (tertiary/aromatic N) is 2. The molecule has 164 valence electrons. The van der Waals surface area contributed by atoms with Gasteiger partial charge in [0.2, 0.25) is 0 Å². The van der Waals surface area contributed by atoms with Crippen LogP contribution in [0.1, 0.15) is 24.2 Å². The van der Waals surface area contributed by atoms with Crippen molar-refractivity contribution in [3.8, 4) is 21.7 Å². The third-order valence-electron chi connectivity index (χ3n) is 5.88. The predicted molar refractivity (Wildman–Crippen MR) is 135 cm³/mol. The van der Waals surface area contributed by atoms with Gasteiger partial charge in [-0.25, -0.2) is 9.78 Å². The molecule has 0 amide bonds. The van der Waals surface area contributed by atoms with Crippen LogP contribution in [0.3, 0.4) is 0 Å². The monoisotopic (exact) mass is 454 g/mol. The number of anilines is 1. The SMILES string of the molecule is CCN(CC)c1ccc2c(-c3ccccc3C=O)c(-c3nc4ccccc4s3)c(=O)oc2c1. The standard InChI is InChI=1S/C27H22N2O3S/c1-3-29(4-2)18-13-14-20-22(15-18)32-27(31)25(24(20)19-10-6-5-9-17(19)16-30)26-28-21-11-7-8-12-23(21)33-26/h5-16H,3-4H2,1-2H3. The number of thiazole rings is 1. The fourth-order valence-corrected chi connectivity index (χ4v) is 5.26. The Bertz CT molecular complexity index is 1510. The van der Waals surface area contributed by atoms with E-state index < -0.39 is 5.63 Å². The molecule has 0 aliphatic heterocycles. The van der Waals surface area contributed by atoms with Crippen molar-refractivity contribution in [3.05, 3.63) is 82.7 Å². The summed E-state index contributed by atoms with van der Waals surface area (Å²) >= 11 is 1.44. The second-order valence-corrected chi connectivity index (χ2v) is 8.71. The molecule has 2 heterocycles. The first-order valence-corrected chi connectivity index (χ1v) is 11.7. The molecule has 0 aliphatic rings. The quantitative estimate of drug-likeness (QED) is 0.220. The van der Waals surface area contributed by atoms with E-state index in [9.17, 15) is 9.59 Å². The van der Waals surface area contributed by atoms with Gasteiger partial charge in [-0.15, -0.1) is 11.3 Å². The van der Waals surface area contributed by atoms with Crippen molar-refractivity contribution >= 4 is 44.5 Å². The topological polar surface area (TPSA) is 63.4 Å². The Morgan fingerprint density at radius 1 is 0.970 bits per heavy atom. The number of carbonyl (C=O) groups excluding carboxylic acids is 1. The molecule has 0 N–H and O–H groups in total. The maximum Gasteiger partial charge on any atom is 0.347 e. The molecule has 0 unspecified atom stereocenters. The van der Waals surface area contributed by atoms with Crippen molar-refractivity contribution < 1.29 is 9.21 Å². The van der Waals surface area contributed by atoms with Crippen molar-refractivity contribution in [3.63, 3.8) is 0 Å². The summed E-state index contributed by atoms with van der Waals surface area (Å²) in [5, 5.41) is 1.35. The molecule has 5 nitrogen and oxygen atoms in total. The van der Waals surface area contributed by atoms with Crippen LogP contribution in [0.25, 0.3) is 42.9 Å². The number of benzene rings is 3. The van der Waals surface area contributed by atoms with E-state index >= 15 is 0 Å². The number of hydrogen-bond acceptors (Lipinski definition) is 6. The van der Waals surface area contributed by atoms with Crippen LogP contribution in [0.5, 0.6) is 0 Å². The van der Waals surface area contributed by atoms with Crippen LogP contribution in [0.15, 0.2) is 75.9 Å². The van der Waals surface area contributed by atoms with Gasteiger partial charge in [0.25, 0.3) is 0 Å². The number of aldehydes is 1. The van der Waals surface area contributed by atoms with Crippen molar-refractivity contribution in [2.75, 3.05) is 18.0 Å². The lowest BCUT2D eigenvalue weighted by atomic mass is 9.93. The van der Waals surface area contributed by atoms with E-state index in [0.29, 0.717) is 32.8 Å². The number of para-hydroxylation sites is 1. The van der Waals surface area contributed by atoms with Gasteiger partial charge in [-0.3, -0.25) is 4.79 Å². The zero-order chi connectivity index (χ0) is 22.9. The molecule has 3 aromatic carbocycles. The van der Waals surface area contributed by atoms with Gasteiger partial charge in [-0.1, -0.05) is 36.4 Å². The maximum absolute atomic E-state index is 13.4. The first-order chi connectivity index (χ1) is 16.1. The van der Waals surface area contributed by atoms with Crippen molar-refractivity contribution in [2.24, 2.45) is 0 Å². The number of aromatic nitrogens is 1. The summed E-state index contributed by atoms with van der Waals surface area (Å²) in [7, 11) is 0. The van der Waals surface area contributed by atoms with Gasteiger partial charge in [-0.2, -0.15) is 0 Å². The highest BCUT2D eigenvalue weighted by atomic mass is 32.1. The Labute approximate surface area is 194 Å². The highest BCUT2D eigenvalue weighted by Gasteiger charge is 2.23. The van der Waals surface area contributed by atoms with Crippen LogP contribution >= 0.6 is 11.3 Å². The number of fused-ring (bicyclic) bond motifs is 2. The summed E-state index contributed by atoms with van der Waals surface area (Å²) in [4.78, 5) is 32.3. The fraction of sp³-hybridized carbons (Fsp3) is 0.148. The average Bonchev–Trinajstić information content (AvgIpc) is 3.27. The molecule has 0 saturated carbocycles. The molecule has 0 bridgehead atoms. The normalized spacial score (nSPS) is 11.2. The smallest absolute Gasteiger partial charge is 0.347 e. The van der Waals surface area contributed by atoms with Gasteiger partial charge in [0, 0.05) is 41.4 Å². The Morgan fingerprint density at radius 3 is 2.48 bits per heavy atom. The van der Waals surface area contributed by atoms with Gasteiger partial charge >= 0.3 is 5.63 Å². The van der Waals surface area contributed by atoms with Crippen LogP contribution in [-0.2, 0) is 0 Å². The molecule has 0 saturated heterocycles. The minimum absolute atomic E-state index is 0.383. The average molecular weight is 455 g/mol. The molecule has 0 aliphatic carbocycles. The van der Waals surface area contributed by atoms with Gasteiger partial charge in [0.1, 0.15) is 16.2 Å². The molecule has 5 aromatic rings. The summed E-state index contributed by atoms with van der Waals surface area (Å²) in [6, 6.07) is 21.0. The van der Waals surface area contributed by atoms with Gasteiger partial charge in [0.05, 0.1) is 10.2 Å². The summed E-state index contributed by atoms with van der Waals surface area (Å²) in [6.45, 7) is 5.87. The molecule has 33 heavy (non-hydrogen) atoms. The lowest BCUT2D eigenvalue weighted by Gasteiger charge is -2.21. The zero-order valence-electron chi connectivity index (χ0n) is 18.4. The van der Waals surface area contributed by atoms with E-state index in [1.165, 1.54) is 11.3 Å². The summed E-state index contributed by atoms with van der Waals surface area (Å²) in [5.41, 5.74) is 4.10. The Morgan fingerprint density at radius 2 is 1.73 bits per heavy atom. The molecular weight excluding hydrogens is 432 g/mol. The molecule has 0 atom stereocenters. The zero-order valence-corrected chi connectivity index (χ0v) is 19.2. The summed E-state index contributed by atoms with van der Waals surface area (Å²) < 4.78 is 6.84. The molecule has 0 radical (unpaired) electrons. The van der Waals surface area contributed by atoms with Gasteiger partial charge in [0.15, 0.2) is 6.29 Å². The molecule has 2 aromatic heterocycles. The largest absolute Gasteiger partial charge is 0.422 e. The van der Waals surface area contributed by atoms with Gasteiger partial charge < -0.3 is 9.32 Å². The Kier molecular flexibility index (Phi) is 5.52. The number of carbonyl (C=O) groups is 1. The third kappa shape index (κ3) is 3.62. The molecule has 5 rings (SSSR count). The van der Waals surface area contributed by atoms with Crippen LogP contribution in [0.4, 0.5) is 5.69 Å². The minimum Gasteiger partial charge on any atom is -0.422 e. The maximum atomic E-state index is 13.4. The number of rotatable bonds is 6. The predicted octanol–water partition coefficient (Wildman–Crippen LogP) is 6.40. The van der Waals surface area contributed by atoms with Gasteiger partial charge in [-0.05, 0) is 43.7 Å².